The first-order valence-electron chi connectivity index (χ1n) is 8.25. The highest BCUT2D eigenvalue weighted by Gasteiger charge is 2.23. The van der Waals surface area contributed by atoms with Crippen molar-refractivity contribution in [2.75, 3.05) is 23.7 Å². The molecular weight excluding hydrogens is 354 g/mol. The average Bonchev–Trinajstić information content (AvgIpc) is 3.18. The fourth-order valence-electron chi connectivity index (χ4n) is 2.96. The molecule has 7 nitrogen and oxygen atoms in total. The highest BCUT2D eigenvalue weighted by Crippen LogP contribution is 2.29. The number of aromatic amines is 1. The summed E-state index contributed by atoms with van der Waals surface area (Å²) < 4.78 is 34.7. The van der Waals surface area contributed by atoms with Gasteiger partial charge in [0.1, 0.15) is 29.1 Å². The van der Waals surface area contributed by atoms with Crippen molar-refractivity contribution in [3.8, 4) is 11.8 Å². The summed E-state index contributed by atoms with van der Waals surface area (Å²) >= 11 is 0. The minimum absolute atomic E-state index is 0.0376. The third kappa shape index (κ3) is 2.38. The SMILES string of the molecule is Nc1ncnc2[nH]cc(C#Cc3c(F)cc4oc(N5CCC5)nc4c3F)c12. The van der Waals surface area contributed by atoms with E-state index in [1.54, 1.807) is 6.20 Å². The van der Waals surface area contributed by atoms with Gasteiger partial charge in [-0.25, -0.2) is 18.7 Å². The largest absolute Gasteiger partial charge is 0.423 e. The van der Waals surface area contributed by atoms with Gasteiger partial charge in [-0.15, -0.1) is 0 Å². The van der Waals surface area contributed by atoms with Crippen LogP contribution in [-0.2, 0) is 0 Å². The van der Waals surface area contributed by atoms with Crippen LogP contribution >= 0.6 is 0 Å². The molecule has 3 aromatic heterocycles. The van der Waals surface area contributed by atoms with Crippen LogP contribution in [0, 0.1) is 23.5 Å². The molecule has 1 saturated heterocycles. The van der Waals surface area contributed by atoms with Gasteiger partial charge in [0.25, 0.3) is 6.01 Å². The number of anilines is 2. The number of fused-ring (bicyclic) bond motifs is 2. The van der Waals surface area contributed by atoms with Crippen LogP contribution in [0.2, 0.25) is 0 Å². The number of nitrogen functional groups attached to an aromatic ring is 1. The minimum Gasteiger partial charge on any atom is -0.423 e. The first kappa shape index (κ1) is 15.6. The van der Waals surface area contributed by atoms with Gasteiger partial charge in [-0.05, 0) is 6.42 Å². The Morgan fingerprint density at radius 2 is 2.07 bits per heavy atom. The molecule has 0 atom stereocenters. The Hall–Kier alpha value is -3.67. The minimum atomic E-state index is -0.850. The van der Waals surface area contributed by atoms with Crippen LogP contribution in [-0.4, -0.2) is 33.0 Å². The quantitative estimate of drug-likeness (QED) is 0.503. The fraction of sp³-hybridized carbons (Fsp3) is 0.167. The van der Waals surface area contributed by atoms with Gasteiger partial charge >= 0.3 is 0 Å². The van der Waals surface area contributed by atoms with Gasteiger partial charge in [0, 0.05) is 25.4 Å². The van der Waals surface area contributed by atoms with Gasteiger partial charge in [-0.1, -0.05) is 11.8 Å². The average molecular weight is 366 g/mol. The topological polar surface area (TPSA) is 96.9 Å². The molecule has 27 heavy (non-hydrogen) atoms. The highest BCUT2D eigenvalue weighted by molar-refractivity contribution is 5.91. The fourth-order valence-corrected chi connectivity index (χ4v) is 2.96. The number of oxazole rings is 1. The van der Waals surface area contributed by atoms with Crippen molar-refractivity contribution in [1.29, 1.82) is 0 Å². The van der Waals surface area contributed by atoms with Crippen LogP contribution in [0.1, 0.15) is 17.5 Å². The van der Waals surface area contributed by atoms with E-state index in [-0.39, 0.29) is 22.5 Å². The predicted molar refractivity (Wildman–Crippen MR) is 95.0 cm³/mol. The number of benzene rings is 1. The Bertz CT molecular complexity index is 1260. The van der Waals surface area contributed by atoms with E-state index in [4.69, 9.17) is 10.2 Å². The van der Waals surface area contributed by atoms with Crippen LogP contribution in [0.3, 0.4) is 0 Å². The molecule has 0 bridgehead atoms. The standard InChI is InChI=1S/C18H12F2N6O/c19-11-6-12-15(25-18(27-12)26-4-1-5-26)14(20)10(11)3-2-9-7-22-17-13(9)16(21)23-8-24-17/h6-8H,1,4-5H2,(H3,21,22,23,24). The molecule has 0 spiro atoms. The summed E-state index contributed by atoms with van der Waals surface area (Å²) in [4.78, 5) is 16.9. The zero-order valence-electron chi connectivity index (χ0n) is 13.9. The molecule has 0 saturated carbocycles. The van der Waals surface area contributed by atoms with Crippen molar-refractivity contribution in [2.24, 2.45) is 0 Å². The molecule has 4 heterocycles. The van der Waals surface area contributed by atoms with Crippen molar-refractivity contribution in [1.82, 2.24) is 19.9 Å². The van der Waals surface area contributed by atoms with E-state index in [1.807, 2.05) is 4.90 Å². The number of aromatic nitrogens is 4. The number of hydrogen-bond acceptors (Lipinski definition) is 6. The van der Waals surface area contributed by atoms with Crippen molar-refractivity contribution in [3.05, 3.63) is 41.4 Å². The number of nitrogens with two attached hydrogens (primary N) is 1. The molecule has 3 N–H and O–H groups in total. The maximum atomic E-state index is 14.8. The molecule has 0 amide bonds. The molecule has 1 aliphatic heterocycles. The van der Waals surface area contributed by atoms with Crippen molar-refractivity contribution in [3.63, 3.8) is 0 Å². The molecule has 1 fully saturated rings. The summed E-state index contributed by atoms with van der Waals surface area (Å²) in [5.41, 5.74) is 6.43. The van der Waals surface area contributed by atoms with E-state index in [0.717, 1.165) is 25.6 Å². The van der Waals surface area contributed by atoms with Crippen LogP contribution in [0.5, 0.6) is 0 Å². The molecule has 9 heteroatoms. The number of hydrogen-bond donors (Lipinski definition) is 2. The summed E-state index contributed by atoms with van der Waals surface area (Å²) in [5, 5.41) is 0.508. The van der Waals surface area contributed by atoms with Gasteiger partial charge in [-0.3, -0.25) is 0 Å². The van der Waals surface area contributed by atoms with Crippen molar-refractivity contribution >= 4 is 34.0 Å². The van der Waals surface area contributed by atoms with E-state index >= 15 is 0 Å². The van der Waals surface area contributed by atoms with Gasteiger partial charge < -0.3 is 20.0 Å². The molecule has 0 aliphatic carbocycles. The molecular formula is C18H12F2N6O. The van der Waals surface area contributed by atoms with Crippen LogP contribution in [0.25, 0.3) is 22.1 Å². The van der Waals surface area contributed by atoms with Crippen LogP contribution in [0.15, 0.2) is 23.0 Å². The predicted octanol–water partition coefficient (Wildman–Crippen LogP) is 2.57. The zero-order valence-corrected chi connectivity index (χ0v) is 13.9. The normalized spacial score (nSPS) is 13.6. The molecule has 1 aliphatic rings. The second-order valence-electron chi connectivity index (χ2n) is 6.17. The number of halogens is 2. The third-order valence-electron chi connectivity index (χ3n) is 4.51. The number of rotatable bonds is 1. The number of nitrogens with one attached hydrogen (secondary N) is 1. The van der Waals surface area contributed by atoms with Crippen molar-refractivity contribution < 1.29 is 13.2 Å². The maximum Gasteiger partial charge on any atom is 0.298 e. The Morgan fingerprint density at radius 3 is 2.85 bits per heavy atom. The highest BCUT2D eigenvalue weighted by atomic mass is 19.1. The van der Waals surface area contributed by atoms with Crippen LogP contribution < -0.4 is 10.6 Å². The number of H-pyrrole nitrogens is 1. The van der Waals surface area contributed by atoms with Gasteiger partial charge in [-0.2, -0.15) is 4.98 Å². The van der Waals surface area contributed by atoms with Gasteiger partial charge in [0.15, 0.2) is 11.4 Å². The van der Waals surface area contributed by atoms with Gasteiger partial charge in [0.2, 0.25) is 0 Å². The van der Waals surface area contributed by atoms with Crippen LogP contribution in [0.4, 0.5) is 20.6 Å². The van der Waals surface area contributed by atoms with E-state index in [9.17, 15) is 8.78 Å². The Morgan fingerprint density at radius 1 is 1.22 bits per heavy atom. The second kappa shape index (κ2) is 5.67. The third-order valence-corrected chi connectivity index (χ3v) is 4.51. The van der Waals surface area contributed by atoms with E-state index in [2.05, 4.69) is 31.8 Å². The lowest BCUT2D eigenvalue weighted by Gasteiger charge is -2.28. The Balaban J connectivity index is 1.62. The summed E-state index contributed by atoms with van der Waals surface area (Å²) in [6.45, 7) is 1.57. The maximum absolute atomic E-state index is 14.8. The smallest absolute Gasteiger partial charge is 0.298 e. The molecule has 134 valence electrons. The summed E-state index contributed by atoms with van der Waals surface area (Å²) in [7, 11) is 0. The van der Waals surface area contributed by atoms with E-state index in [0.29, 0.717) is 22.6 Å². The van der Waals surface area contributed by atoms with E-state index in [1.165, 1.54) is 6.33 Å². The lowest BCUT2D eigenvalue weighted by molar-refractivity contribution is 0.508. The van der Waals surface area contributed by atoms with E-state index < -0.39 is 11.6 Å². The molecule has 4 aromatic rings. The number of nitrogens with zero attached hydrogens (tertiary/aromatic N) is 4. The first-order valence-corrected chi connectivity index (χ1v) is 8.25. The summed E-state index contributed by atoms with van der Waals surface area (Å²) in [5.74, 6) is 3.84. The second-order valence-corrected chi connectivity index (χ2v) is 6.17. The molecule has 0 unspecified atom stereocenters. The lowest BCUT2D eigenvalue weighted by Crippen LogP contribution is -2.37. The molecule has 0 radical (unpaired) electrons. The van der Waals surface area contributed by atoms with Gasteiger partial charge in [0.05, 0.1) is 16.5 Å². The van der Waals surface area contributed by atoms with Crippen molar-refractivity contribution in [2.45, 2.75) is 6.42 Å². The summed E-state index contributed by atoms with van der Waals surface area (Å²) in [6, 6.07) is 1.40. The zero-order chi connectivity index (χ0) is 18.5. The molecule has 5 rings (SSSR count). The summed E-state index contributed by atoms with van der Waals surface area (Å²) in [6.07, 6.45) is 3.90. The Labute approximate surface area is 151 Å². The first-order chi connectivity index (χ1) is 13.1. The molecule has 1 aromatic carbocycles. The Kier molecular flexibility index (Phi) is 3.27. The monoisotopic (exact) mass is 366 g/mol. The lowest BCUT2D eigenvalue weighted by atomic mass is 10.1.